The molecule has 4 nitrogen and oxygen atoms in total. The van der Waals surface area contributed by atoms with Crippen molar-refractivity contribution < 1.29 is 0 Å². The number of nitrogens with one attached hydrogen (secondary N) is 1. The van der Waals surface area contributed by atoms with E-state index in [1.165, 1.54) is 62.2 Å². The van der Waals surface area contributed by atoms with Gasteiger partial charge in [0.2, 0.25) is 0 Å². The standard InChI is InChI=1S/C23H30N4/c1-2-4-22-21(3-1)25-23(19-13-24-14-19)27(22)20-7-9-26(10-8-20)15-18-12-16-5-6-17(18)11-16/h1-6,16-20,24H,7-15H2/t16-,17-,18?/m0/s1. The molecule has 4 aliphatic rings. The summed E-state index contributed by atoms with van der Waals surface area (Å²) < 4.78 is 2.61. The number of fused-ring (bicyclic) bond motifs is 3. The van der Waals surface area contributed by atoms with E-state index < -0.39 is 0 Å². The highest BCUT2D eigenvalue weighted by Crippen LogP contribution is 2.44. The third kappa shape index (κ3) is 2.76. The van der Waals surface area contributed by atoms with E-state index in [1.54, 1.807) is 0 Å². The predicted octanol–water partition coefficient (Wildman–Crippen LogP) is 3.57. The minimum Gasteiger partial charge on any atom is -0.324 e. The molecular formula is C23H30N4. The molecule has 27 heavy (non-hydrogen) atoms. The number of imidazole rings is 1. The van der Waals surface area contributed by atoms with E-state index >= 15 is 0 Å². The fourth-order valence-corrected chi connectivity index (χ4v) is 6.00. The molecule has 1 N–H and O–H groups in total. The van der Waals surface area contributed by atoms with Gasteiger partial charge in [0.15, 0.2) is 0 Å². The fraction of sp³-hybridized carbons (Fsp3) is 0.609. The van der Waals surface area contributed by atoms with Gasteiger partial charge in [0.1, 0.15) is 5.82 Å². The van der Waals surface area contributed by atoms with Gasteiger partial charge in [-0.15, -0.1) is 0 Å². The highest BCUT2D eigenvalue weighted by atomic mass is 15.2. The van der Waals surface area contributed by atoms with Gasteiger partial charge in [-0.25, -0.2) is 4.98 Å². The first-order valence-electron chi connectivity index (χ1n) is 10.9. The molecular weight excluding hydrogens is 332 g/mol. The second-order valence-corrected chi connectivity index (χ2v) is 9.26. The molecule has 6 rings (SSSR count). The summed E-state index contributed by atoms with van der Waals surface area (Å²) in [5, 5.41) is 3.43. The normalized spacial score (nSPS) is 31.8. The molecule has 1 aromatic carbocycles. The Hall–Kier alpha value is -1.65. The van der Waals surface area contributed by atoms with Crippen LogP contribution < -0.4 is 5.32 Å². The van der Waals surface area contributed by atoms with Crippen molar-refractivity contribution in [3.63, 3.8) is 0 Å². The Morgan fingerprint density at radius 1 is 1.04 bits per heavy atom. The molecule has 1 saturated carbocycles. The monoisotopic (exact) mass is 362 g/mol. The lowest BCUT2D eigenvalue weighted by atomic mass is 9.92. The van der Waals surface area contributed by atoms with Crippen molar-refractivity contribution in [1.29, 1.82) is 0 Å². The van der Waals surface area contributed by atoms with Crippen molar-refractivity contribution in [2.24, 2.45) is 17.8 Å². The van der Waals surface area contributed by atoms with Gasteiger partial charge in [-0.2, -0.15) is 0 Å². The Bertz CT molecular complexity index is 856. The fourth-order valence-electron chi connectivity index (χ4n) is 6.00. The first kappa shape index (κ1) is 16.3. The zero-order chi connectivity index (χ0) is 17.8. The lowest BCUT2D eigenvalue weighted by molar-refractivity contribution is 0.153. The van der Waals surface area contributed by atoms with Gasteiger partial charge in [0.25, 0.3) is 0 Å². The van der Waals surface area contributed by atoms with Crippen LogP contribution in [0.1, 0.15) is 43.5 Å². The molecule has 1 unspecified atom stereocenters. The maximum atomic E-state index is 5.04. The van der Waals surface area contributed by atoms with E-state index in [2.05, 4.69) is 51.2 Å². The Kier molecular flexibility index (Phi) is 3.90. The summed E-state index contributed by atoms with van der Waals surface area (Å²) in [4.78, 5) is 7.79. The molecule has 3 atom stereocenters. The molecule has 3 fully saturated rings. The van der Waals surface area contributed by atoms with Crippen LogP contribution in [0, 0.1) is 17.8 Å². The number of allylic oxidation sites excluding steroid dienone is 2. The molecule has 2 aliphatic carbocycles. The summed E-state index contributed by atoms with van der Waals surface area (Å²) >= 11 is 0. The summed E-state index contributed by atoms with van der Waals surface area (Å²) in [6, 6.07) is 9.35. The topological polar surface area (TPSA) is 33.1 Å². The first-order chi connectivity index (χ1) is 13.3. The van der Waals surface area contributed by atoms with Crippen LogP contribution in [0.5, 0.6) is 0 Å². The maximum absolute atomic E-state index is 5.04. The summed E-state index contributed by atoms with van der Waals surface area (Å²) in [6.45, 7) is 5.98. The largest absolute Gasteiger partial charge is 0.324 e. The van der Waals surface area contributed by atoms with Gasteiger partial charge in [-0.05, 0) is 55.6 Å². The summed E-state index contributed by atoms with van der Waals surface area (Å²) in [5.74, 6) is 4.61. The average molecular weight is 363 g/mol. The van der Waals surface area contributed by atoms with Crippen molar-refractivity contribution in [1.82, 2.24) is 19.8 Å². The van der Waals surface area contributed by atoms with Crippen LogP contribution in [-0.2, 0) is 0 Å². The number of hydrogen-bond donors (Lipinski definition) is 1. The number of aromatic nitrogens is 2. The molecule has 2 bridgehead atoms. The number of likely N-dealkylation sites (tertiary alicyclic amines) is 1. The Labute approximate surface area is 161 Å². The van der Waals surface area contributed by atoms with Gasteiger partial charge in [0, 0.05) is 44.7 Å². The summed E-state index contributed by atoms with van der Waals surface area (Å²) in [7, 11) is 0. The Morgan fingerprint density at radius 3 is 2.59 bits per heavy atom. The van der Waals surface area contributed by atoms with E-state index in [1.807, 2.05) is 0 Å². The van der Waals surface area contributed by atoms with Crippen LogP contribution in [0.25, 0.3) is 11.0 Å². The minimum absolute atomic E-state index is 0.594. The van der Waals surface area contributed by atoms with Gasteiger partial charge in [-0.1, -0.05) is 24.3 Å². The van der Waals surface area contributed by atoms with Crippen LogP contribution in [0.15, 0.2) is 36.4 Å². The van der Waals surface area contributed by atoms with Crippen LogP contribution in [0.4, 0.5) is 0 Å². The Morgan fingerprint density at radius 2 is 1.89 bits per heavy atom. The second-order valence-electron chi connectivity index (χ2n) is 9.26. The molecule has 3 heterocycles. The molecule has 1 aromatic heterocycles. The average Bonchev–Trinajstić information content (AvgIpc) is 3.35. The van der Waals surface area contributed by atoms with E-state index in [9.17, 15) is 0 Å². The molecule has 2 aliphatic heterocycles. The molecule has 0 amide bonds. The number of hydrogen-bond acceptors (Lipinski definition) is 3. The number of para-hydroxylation sites is 2. The quantitative estimate of drug-likeness (QED) is 0.844. The van der Waals surface area contributed by atoms with E-state index in [4.69, 9.17) is 4.98 Å². The first-order valence-corrected chi connectivity index (χ1v) is 10.9. The van der Waals surface area contributed by atoms with E-state index in [0.29, 0.717) is 12.0 Å². The lowest BCUT2D eigenvalue weighted by Crippen LogP contribution is -2.43. The molecule has 0 spiro atoms. The molecule has 2 aromatic rings. The zero-order valence-electron chi connectivity index (χ0n) is 16.1. The van der Waals surface area contributed by atoms with Gasteiger partial charge < -0.3 is 14.8 Å². The smallest absolute Gasteiger partial charge is 0.115 e. The van der Waals surface area contributed by atoms with Gasteiger partial charge in [-0.3, -0.25) is 0 Å². The third-order valence-corrected chi connectivity index (χ3v) is 7.60. The highest BCUT2D eigenvalue weighted by Gasteiger charge is 2.37. The molecule has 142 valence electrons. The van der Waals surface area contributed by atoms with Crippen LogP contribution >= 0.6 is 0 Å². The zero-order valence-corrected chi connectivity index (χ0v) is 16.1. The van der Waals surface area contributed by atoms with Crippen molar-refractivity contribution in [2.75, 3.05) is 32.7 Å². The van der Waals surface area contributed by atoms with Crippen molar-refractivity contribution in [3.05, 3.63) is 42.2 Å². The number of benzene rings is 1. The van der Waals surface area contributed by atoms with Crippen LogP contribution in [-0.4, -0.2) is 47.2 Å². The van der Waals surface area contributed by atoms with Crippen molar-refractivity contribution in [2.45, 2.75) is 37.6 Å². The predicted molar refractivity (Wildman–Crippen MR) is 109 cm³/mol. The minimum atomic E-state index is 0.594. The van der Waals surface area contributed by atoms with Gasteiger partial charge in [0.05, 0.1) is 11.0 Å². The Balaban J connectivity index is 1.19. The molecule has 2 saturated heterocycles. The number of piperidine rings is 1. The summed E-state index contributed by atoms with van der Waals surface area (Å²) in [5.41, 5.74) is 2.52. The van der Waals surface area contributed by atoms with Crippen LogP contribution in [0.2, 0.25) is 0 Å². The second kappa shape index (κ2) is 6.46. The maximum Gasteiger partial charge on any atom is 0.115 e. The number of nitrogens with zero attached hydrogens (tertiary/aromatic N) is 3. The van der Waals surface area contributed by atoms with E-state index in [-0.39, 0.29) is 0 Å². The summed E-state index contributed by atoms with van der Waals surface area (Å²) in [6.07, 6.45) is 10.4. The van der Waals surface area contributed by atoms with Crippen molar-refractivity contribution >= 4 is 11.0 Å². The third-order valence-electron chi connectivity index (χ3n) is 7.60. The van der Waals surface area contributed by atoms with Crippen LogP contribution in [0.3, 0.4) is 0 Å². The van der Waals surface area contributed by atoms with Crippen molar-refractivity contribution in [3.8, 4) is 0 Å². The SMILES string of the molecule is C1=C[C@H]2C[C@H]1CC2CN1CCC(n2c(C3CNC3)nc3ccccc32)CC1. The highest BCUT2D eigenvalue weighted by molar-refractivity contribution is 5.76. The molecule has 0 radical (unpaired) electrons. The molecule has 4 heteroatoms. The van der Waals surface area contributed by atoms with E-state index in [0.717, 1.165) is 30.8 Å². The van der Waals surface area contributed by atoms with Gasteiger partial charge >= 0.3 is 0 Å². The lowest BCUT2D eigenvalue weighted by Gasteiger charge is -2.37. The number of rotatable bonds is 4.